The van der Waals surface area contributed by atoms with Gasteiger partial charge in [0.25, 0.3) is 0 Å². The maximum Gasteiger partial charge on any atom is 0.134 e. The van der Waals surface area contributed by atoms with E-state index in [9.17, 15) is 5.26 Å². The Labute approximate surface area is 141 Å². The molecule has 2 heterocycles. The molecule has 0 radical (unpaired) electrons. The molecule has 0 saturated heterocycles. The summed E-state index contributed by atoms with van der Waals surface area (Å²) in [6.45, 7) is 6.93. The van der Waals surface area contributed by atoms with Gasteiger partial charge in [-0.25, -0.2) is 4.99 Å². The maximum atomic E-state index is 9.56. The molecule has 0 spiro atoms. The van der Waals surface area contributed by atoms with E-state index in [-0.39, 0.29) is 0 Å². The van der Waals surface area contributed by atoms with Gasteiger partial charge in [0.05, 0.1) is 5.56 Å². The van der Waals surface area contributed by atoms with Crippen LogP contribution >= 0.6 is 11.3 Å². The average Bonchev–Trinajstić information content (AvgIpc) is 2.89. The standard InChI is InChI=1S/C19H21N3S/c1-19(2,3)14-6-7-15-16(10-20)18(23-17(15)9-14)22-12-13-5-4-8-21-11-13/h4-5,8,11-12,14H,6-7,9H2,1-3H3/t14-/m0/s1. The molecule has 118 valence electrons. The first-order valence-corrected chi connectivity index (χ1v) is 8.79. The van der Waals surface area contributed by atoms with Crippen LogP contribution in [0.1, 0.15) is 48.8 Å². The molecule has 0 N–H and O–H groups in total. The van der Waals surface area contributed by atoms with Gasteiger partial charge >= 0.3 is 0 Å². The summed E-state index contributed by atoms with van der Waals surface area (Å²) in [5, 5.41) is 10.4. The van der Waals surface area contributed by atoms with Crippen LogP contribution in [0.3, 0.4) is 0 Å². The van der Waals surface area contributed by atoms with Crippen LogP contribution < -0.4 is 0 Å². The number of aliphatic imine (C=N–C) groups is 1. The maximum absolute atomic E-state index is 9.56. The highest BCUT2D eigenvalue weighted by Crippen LogP contribution is 2.44. The first kappa shape index (κ1) is 15.9. The number of nitrogens with zero attached hydrogens (tertiary/aromatic N) is 3. The number of aromatic nitrogens is 1. The van der Waals surface area contributed by atoms with E-state index in [2.05, 4.69) is 36.8 Å². The molecule has 1 atom stereocenters. The molecule has 0 aliphatic heterocycles. The summed E-state index contributed by atoms with van der Waals surface area (Å²) in [5.41, 5.74) is 3.28. The molecule has 0 unspecified atom stereocenters. The fourth-order valence-corrected chi connectivity index (χ4v) is 4.32. The number of pyridine rings is 1. The predicted octanol–water partition coefficient (Wildman–Crippen LogP) is 4.92. The molecule has 2 aromatic heterocycles. The van der Waals surface area contributed by atoms with Gasteiger partial charge in [-0.1, -0.05) is 26.8 Å². The zero-order chi connectivity index (χ0) is 16.4. The zero-order valence-electron chi connectivity index (χ0n) is 13.8. The smallest absolute Gasteiger partial charge is 0.134 e. The minimum atomic E-state index is 0.313. The van der Waals surface area contributed by atoms with E-state index in [1.54, 1.807) is 29.9 Å². The van der Waals surface area contributed by atoms with Gasteiger partial charge in [0, 0.05) is 29.0 Å². The van der Waals surface area contributed by atoms with Crippen LogP contribution in [0.5, 0.6) is 0 Å². The number of nitriles is 1. The van der Waals surface area contributed by atoms with E-state index >= 15 is 0 Å². The fraction of sp³-hybridized carbons (Fsp3) is 0.421. The van der Waals surface area contributed by atoms with Crippen molar-refractivity contribution in [2.45, 2.75) is 40.0 Å². The molecule has 0 amide bonds. The summed E-state index contributed by atoms with van der Waals surface area (Å²) >= 11 is 1.68. The van der Waals surface area contributed by atoms with Gasteiger partial charge in [0.1, 0.15) is 11.1 Å². The van der Waals surface area contributed by atoms with E-state index in [1.807, 2.05) is 12.1 Å². The van der Waals surface area contributed by atoms with Crippen LogP contribution in [-0.4, -0.2) is 11.2 Å². The Bertz CT molecular complexity index is 760. The molecule has 3 rings (SSSR count). The molecular weight excluding hydrogens is 302 g/mol. The molecular formula is C19H21N3S. The summed E-state index contributed by atoms with van der Waals surface area (Å²) in [5.74, 6) is 0.676. The minimum absolute atomic E-state index is 0.313. The van der Waals surface area contributed by atoms with E-state index in [0.29, 0.717) is 11.3 Å². The Morgan fingerprint density at radius 2 is 2.26 bits per heavy atom. The Morgan fingerprint density at radius 3 is 2.91 bits per heavy atom. The van der Waals surface area contributed by atoms with Crippen LogP contribution in [0, 0.1) is 22.7 Å². The van der Waals surface area contributed by atoms with Crippen molar-refractivity contribution in [3.8, 4) is 6.07 Å². The molecule has 0 saturated carbocycles. The molecule has 2 aromatic rings. The minimum Gasteiger partial charge on any atom is -0.264 e. The van der Waals surface area contributed by atoms with Crippen molar-refractivity contribution in [3.05, 3.63) is 46.1 Å². The van der Waals surface area contributed by atoms with Crippen molar-refractivity contribution in [1.82, 2.24) is 4.98 Å². The molecule has 0 aromatic carbocycles. The highest BCUT2D eigenvalue weighted by Gasteiger charge is 2.32. The first-order chi connectivity index (χ1) is 11.0. The average molecular weight is 323 g/mol. The number of hydrogen-bond donors (Lipinski definition) is 0. The number of thiophene rings is 1. The molecule has 1 aliphatic carbocycles. The van der Waals surface area contributed by atoms with E-state index in [0.717, 1.165) is 35.4 Å². The first-order valence-electron chi connectivity index (χ1n) is 7.98. The third-order valence-electron chi connectivity index (χ3n) is 4.60. The van der Waals surface area contributed by atoms with Crippen LogP contribution in [0.2, 0.25) is 0 Å². The highest BCUT2D eigenvalue weighted by atomic mass is 32.1. The molecule has 3 nitrogen and oxygen atoms in total. The second kappa shape index (κ2) is 6.25. The van der Waals surface area contributed by atoms with Gasteiger partial charge in [0.15, 0.2) is 0 Å². The summed E-state index contributed by atoms with van der Waals surface area (Å²) in [6.07, 6.45) is 8.55. The van der Waals surface area contributed by atoms with Crippen molar-refractivity contribution in [3.63, 3.8) is 0 Å². The topological polar surface area (TPSA) is 49.0 Å². The van der Waals surface area contributed by atoms with Crippen molar-refractivity contribution in [2.24, 2.45) is 16.3 Å². The Morgan fingerprint density at radius 1 is 1.43 bits per heavy atom. The van der Waals surface area contributed by atoms with E-state index in [1.165, 1.54) is 10.4 Å². The normalized spacial score (nSPS) is 17.9. The van der Waals surface area contributed by atoms with Gasteiger partial charge < -0.3 is 0 Å². The molecule has 0 fully saturated rings. The SMILES string of the molecule is CC(C)(C)[C@H]1CCc2c(sc(N=Cc3cccnc3)c2C#N)C1. The van der Waals surface area contributed by atoms with Crippen molar-refractivity contribution >= 4 is 22.6 Å². The van der Waals surface area contributed by atoms with Crippen molar-refractivity contribution in [1.29, 1.82) is 5.26 Å². The van der Waals surface area contributed by atoms with Crippen LogP contribution in [-0.2, 0) is 12.8 Å². The zero-order valence-corrected chi connectivity index (χ0v) is 14.7. The van der Waals surface area contributed by atoms with E-state index in [4.69, 9.17) is 0 Å². The quantitative estimate of drug-likeness (QED) is 0.737. The molecule has 0 bridgehead atoms. The summed E-state index contributed by atoms with van der Waals surface area (Å²) in [6, 6.07) is 6.23. The second-order valence-corrected chi connectivity index (χ2v) is 8.23. The molecule has 1 aliphatic rings. The lowest BCUT2D eigenvalue weighted by Gasteiger charge is -2.33. The Balaban J connectivity index is 1.91. The Hall–Kier alpha value is -1.99. The van der Waals surface area contributed by atoms with Gasteiger partial charge in [-0.2, -0.15) is 5.26 Å². The lowest BCUT2D eigenvalue weighted by Crippen LogP contribution is -2.26. The van der Waals surface area contributed by atoms with Crippen molar-refractivity contribution < 1.29 is 0 Å². The van der Waals surface area contributed by atoms with Gasteiger partial charge in [-0.05, 0) is 42.2 Å². The van der Waals surface area contributed by atoms with Crippen LogP contribution in [0.25, 0.3) is 0 Å². The lowest BCUT2D eigenvalue weighted by atomic mass is 9.72. The van der Waals surface area contributed by atoms with Crippen LogP contribution in [0.4, 0.5) is 5.00 Å². The number of rotatable bonds is 2. The highest BCUT2D eigenvalue weighted by molar-refractivity contribution is 7.16. The van der Waals surface area contributed by atoms with Crippen LogP contribution in [0.15, 0.2) is 29.5 Å². The number of hydrogen-bond acceptors (Lipinski definition) is 4. The van der Waals surface area contributed by atoms with Gasteiger partial charge in [-0.15, -0.1) is 11.3 Å². The monoisotopic (exact) mass is 323 g/mol. The molecule has 4 heteroatoms. The summed E-state index contributed by atoms with van der Waals surface area (Å²) in [4.78, 5) is 10.0. The second-order valence-electron chi connectivity index (χ2n) is 7.15. The molecule has 23 heavy (non-hydrogen) atoms. The van der Waals surface area contributed by atoms with Gasteiger partial charge in [0.2, 0.25) is 0 Å². The third kappa shape index (κ3) is 3.35. The fourth-order valence-electron chi connectivity index (χ4n) is 3.10. The largest absolute Gasteiger partial charge is 0.264 e. The van der Waals surface area contributed by atoms with Crippen molar-refractivity contribution in [2.75, 3.05) is 0 Å². The summed E-state index contributed by atoms with van der Waals surface area (Å²) < 4.78 is 0. The third-order valence-corrected chi connectivity index (χ3v) is 5.76. The van der Waals surface area contributed by atoms with Gasteiger partial charge in [-0.3, -0.25) is 4.98 Å². The Kier molecular flexibility index (Phi) is 4.32. The number of fused-ring (bicyclic) bond motifs is 1. The predicted molar refractivity (Wildman–Crippen MR) is 95.5 cm³/mol. The van der Waals surface area contributed by atoms with E-state index < -0.39 is 0 Å². The lowest BCUT2D eigenvalue weighted by molar-refractivity contribution is 0.218. The summed E-state index contributed by atoms with van der Waals surface area (Å²) in [7, 11) is 0.